The largest absolute Gasteiger partial charge is 0.417 e. The number of rotatable bonds is 6. The van der Waals surface area contributed by atoms with Gasteiger partial charge in [-0.2, -0.15) is 13.2 Å². The molecule has 1 atom stereocenters. The van der Waals surface area contributed by atoms with Gasteiger partial charge in [-0.25, -0.2) is 4.68 Å². The van der Waals surface area contributed by atoms with Gasteiger partial charge in [-0.3, -0.25) is 4.90 Å². The standard InChI is InChI=1S/C23H26F3N5/c1-18(11-12-29-13-15-30(16-14-29)19-7-3-2-4-8-19)31-17-22(27-28-31)20-9-5-6-10-21(20)23(24,25)26/h2-10,17-18H,11-16H2,1H3. The van der Waals surface area contributed by atoms with Crippen molar-refractivity contribution in [3.8, 4) is 11.3 Å². The second kappa shape index (κ2) is 9.09. The van der Waals surface area contributed by atoms with E-state index < -0.39 is 11.7 Å². The van der Waals surface area contributed by atoms with Crippen molar-refractivity contribution >= 4 is 5.69 Å². The fourth-order valence-electron chi connectivity index (χ4n) is 3.94. The predicted octanol–water partition coefficient (Wildman–Crippen LogP) is 4.74. The number of para-hydroxylation sites is 1. The summed E-state index contributed by atoms with van der Waals surface area (Å²) in [6.45, 7) is 6.89. The maximum Gasteiger partial charge on any atom is 0.417 e. The average molecular weight is 429 g/mol. The summed E-state index contributed by atoms with van der Waals surface area (Å²) in [5, 5.41) is 8.12. The van der Waals surface area contributed by atoms with Crippen molar-refractivity contribution in [2.45, 2.75) is 25.6 Å². The van der Waals surface area contributed by atoms with E-state index in [-0.39, 0.29) is 17.3 Å². The van der Waals surface area contributed by atoms with Gasteiger partial charge in [-0.1, -0.05) is 41.6 Å². The van der Waals surface area contributed by atoms with Crippen LogP contribution in [0.3, 0.4) is 0 Å². The van der Waals surface area contributed by atoms with Crippen molar-refractivity contribution in [2.75, 3.05) is 37.6 Å². The zero-order valence-corrected chi connectivity index (χ0v) is 17.5. The molecular formula is C23H26F3N5. The van der Waals surface area contributed by atoms with Crippen LogP contribution in [-0.2, 0) is 6.18 Å². The van der Waals surface area contributed by atoms with E-state index in [0.29, 0.717) is 0 Å². The van der Waals surface area contributed by atoms with Crippen LogP contribution in [0.5, 0.6) is 0 Å². The monoisotopic (exact) mass is 429 g/mol. The summed E-state index contributed by atoms with van der Waals surface area (Å²) in [4.78, 5) is 4.81. The molecule has 1 saturated heterocycles. The molecule has 1 fully saturated rings. The fraction of sp³-hybridized carbons (Fsp3) is 0.391. The number of aromatic nitrogens is 3. The van der Waals surface area contributed by atoms with Crippen molar-refractivity contribution in [1.29, 1.82) is 0 Å². The van der Waals surface area contributed by atoms with E-state index in [0.717, 1.165) is 45.2 Å². The Hall–Kier alpha value is -2.87. The molecule has 0 aliphatic carbocycles. The van der Waals surface area contributed by atoms with E-state index in [2.05, 4.69) is 44.4 Å². The molecule has 164 valence electrons. The number of piperazine rings is 1. The molecule has 0 bridgehead atoms. The zero-order valence-electron chi connectivity index (χ0n) is 17.5. The highest BCUT2D eigenvalue weighted by molar-refractivity contribution is 5.63. The summed E-state index contributed by atoms with van der Waals surface area (Å²) >= 11 is 0. The first-order chi connectivity index (χ1) is 14.9. The highest BCUT2D eigenvalue weighted by Gasteiger charge is 2.34. The van der Waals surface area contributed by atoms with Gasteiger partial charge in [-0.15, -0.1) is 5.10 Å². The molecule has 5 nitrogen and oxygen atoms in total. The van der Waals surface area contributed by atoms with Crippen LogP contribution in [0.15, 0.2) is 60.8 Å². The first kappa shape index (κ1) is 21.4. The Balaban J connectivity index is 1.33. The molecule has 0 spiro atoms. The van der Waals surface area contributed by atoms with Crippen LogP contribution in [0.25, 0.3) is 11.3 Å². The summed E-state index contributed by atoms with van der Waals surface area (Å²) in [6, 6.07) is 15.9. The number of anilines is 1. The molecule has 31 heavy (non-hydrogen) atoms. The first-order valence-corrected chi connectivity index (χ1v) is 10.5. The molecule has 0 saturated carbocycles. The Kier molecular flexibility index (Phi) is 6.27. The van der Waals surface area contributed by atoms with Crippen LogP contribution in [0.2, 0.25) is 0 Å². The summed E-state index contributed by atoms with van der Waals surface area (Å²) in [6.07, 6.45) is -1.95. The van der Waals surface area contributed by atoms with Gasteiger partial charge in [0.2, 0.25) is 0 Å². The molecular weight excluding hydrogens is 403 g/mol. The lowest BCUT2D eigenvalue weighted by Crippen LogP contribution is -2.46. The number of halogens is 3. The lowest BCUT2D eigenvalue weighted by Gasteiger charge is -2.36. The molecule has 2 heterocycles. The predicted molar refractivity (Wildman–Crippen MR) is 115 cm³/mol. The molecule has 2 aromatic carbocycles. The third-order valence-electron chi connectivity index (χ3n) is 5.83. The Labute approximate surface area is 180 Å². The van der Waals surface area contributed by atoms with Crippen molar-refractivity contribution in [3.05, 3.63) is 66.4 Å². The lowest BCUT2D eigenvalue weighted by atomic mass is 10.0. The van der Waals surface area contributed by atoms with Crippen molar-refractivity contribution < 1.29 is 13.2 Å². The van der Waals surface area contributed by atoms with E-state index >= 15 is 0 Å². The Morgan fingerprint density at radius 2 is 1.61 bits per heavy atom. The van der Waals surface area contributed by atoms with Gasteiger partial charge in [0, 0.05) is 44.0 Å². The summed E-state index contributed by atoms with van der Waals surface area (Å²) in [5.74, 6) is 0. The topological polar surface area (TPSA) is 37.2 Å². The molecule has 1 aliphatic rings. The van der Waals surface area contributed by atoms with E-state index in [1.165, 1.54) is 17.8 Å². The van der Waals surface area contributed by atoms with E-state index in [1.807, 2.05) is 13.0 Å². The molecule has 4 rings (SSSR count). The van der Waals surface area contributed by atoms with Gasteiger partial charge in [0.25, 0.3) is 0 Å². The highest BCUT2D eigenvalue weighted by atomic mass is 19.4. The van der Waals surface area contributed by atoms with Crippen molar-refractivity contribution in [1.82, 2.24) is 19.9 Å². The van der Waals surface area contributed by atoms with Crippen LogP contribution in [0.4, 0.5) is 18.9 Å². The maximum atomic E-state index is 13.3. The molecule has 1 aromatic heterocycles. The molecule has 0 N–H and O–H groups in total. The average Bonchev–Trinajstić information content (AvgIpc) is 3.28. The third kappa shape index (κ3) is 5.07. The second-order valence-corrected chi connectivity index (χ2v) is 7.93. The molecule has 0 radical (unpaired) electrons. The van der Waals surface area contributed by atoms with Gasteiger partial charge < -0.3 is 4.90 Å². The maximum absolute atomic E-state index is 13.3. The zero-order chi connectivity index (χ0) is 21.8. The van der Waals surface area contributed by atoms with E-state index in [1.54, 1.807) is 16.9 Å². The van der Waals surface area contributed by atoms with Crippen molar-refractivity contribution in [2.24, 2.45) is 0 Å². The van der Waals surface area contributed by atoms with E-state index in [4.69, 9.17) is 0 Å². The minimum Gasteiger partial charge on any atom is -0.369 e. The van der Waals surface area contributed by atoms with Gasteiger partial charge in [-0.05, 0) is 31.5 Å². The molecule has 0 amide bonds. The minimum atomic E-state index is -4.42. The smallest absolute Gasteiger partial charge is 0.369 e. The van der Waals surface area contributed by atoms with Gasteiger partial charge in [0.1, 0.15) is 5.69 Å². The lowest BCUT2D eigenvalue weighted by molar-refractivity contribution is -0.137. The first-order valence-electron chi connectivity index (χ1n) is 10.5. The van der Waals surface area contributed by atoms with Crippen LogP contribution < -0.4 is 4.90 Å². The van der Waals surface area contributed by atoms with Crippen LogP contribution in [0.1, 0.15) is 24.9 Å². The second-order valence-electron chi connectivity index (χ2n) is 7.93. The summed E-state index contributed by atoms with van der Waals surface area (Å²) < 4.78 is 41.6. The van der Waals surface area contributed by atoms with Gasteiger partial charge in [0.05, 0.1) is 17.8 Å². The summed E-state index contributed by atoms with van der Waals surface area (Å²) in [7, 11) is 0. The number of benzene rings is 2. The third-order valence-corrected chi connectivity index (χ3v) is 5.83. The van der Waals surface area contributed by atoms with Gasteiger partial charge in [0.15, 0.2) is 0 Å². The molecule has 1 unspecified atom stereocenters. The van der Waals surface area contributed by atoms with E-state index in [9.17, 15) is 13.2 Å². The fourth-order valence-corrected chi connectivity index (χ4v) is 3.94. The number of hydrogen-bond donors (Lipinski definition) is 0. The Morgan fingerprint density at radius 1 is 0.935 bits per heavy atom. The number of nitrogens with zero attached hydrogens (tertiary/aromatic N) is 5. The normalized spacial score (nSPS) is 16.5. The molecule has 8 heteroatoms. The Morgan fingerprint density at radius 3 is 2.32 bits per heavy atom. The number of alkyl halides is 3. The SMILES string of the molecule is CC(CCN1CCN(c2ccccc2)CC1)n1cc(-c2ccccc2C(F)(F)F)nn1. The van der Waals surface area contributed by atoms with Crippen LogP contribution >= 0.6 is 0 Å². The van der Waals surface area contributed by atoms with Gasteiger partial charge >= 0.3 is 6.18 Å². The summed E-state index contributed by atoms with van der Waals surface area (Å²) in [5.41, 5.74) is 0.873. The van der Waals surface area contributed by atoms with Crippen LogP contribution in [0, 0.1) is 0 Å². The minimum absolute atomic E-state index is 0.0476. The van der Waals surface area contributed by atoms with Crippen molar-refractivity contribution in [3.63, 3.8) is 0 Å². The highest BCUT2D eigenvalue weighted by Crippen LogP contribution is 2.36. The Bertz CT molecular complexity index is 978. The molecule has 1 aliphatic heterocycles. The van der Waals surface area contributed by atoms with Crippen LogP contribution in [-0.4, -0.2) is 52.6 Å². The number of hydrogen-bond acceptors (Lipinski definition) is 4. The quantitative estimate of drug-likeness (QED) is 0.567. The molecule has 3 aromatic rings.